The number of hydrogen-bond donors (Lipinski definition) is 1. The Labute approximate surface area is 159 Å². The smallest absolute Gasteiger partial charge is 0.255 e. The van der Waals surface area contributed by atoms with Gasteiger partial charge in [-0.15, -0.1) is 0 Å². The Morgan fingerprint density at radius 3 is 2.85 bits per heavy atom. The Morgan fingerprint density at radius 2 is 2.00 bits per heavy atom. The summed E-state index contributed by atoms with van der Waals surface area (Å²) in [6, 6.07) is 5.65. The Hall–Kier alpha value is -2.05. The summed E-state index contributed by atoms with van der Waals surface area (Å²) in [5, 5.41) is 3.42. The molecule has 0 aromatic heterocycles. The maximum atomic E-state index is 12.8. The number of Topliss-reactive ketones (excluding diaryl/α,β-unsaturated/α-hetero) is 2. The normalized spacial score (nSPS) is 24.2. The lowest BCUT2D eigenvalue weighted by Crippen LogP contribution is -2.44. The first-order valence-corrected chi connectivity index (χ1v) is 10.0. The van der Waals surface area contributed by atoms with E-state index in [1.54, 1.807) is 4.90 Å². The Bertz CT molecular complexity index is 753. The van der Waals surface area contributed by atoms with Crippen LogP contribution in [-0.2, 0) is 22.6 Å². The van der Waals surface area contributed by atoms with Crippen molar-refractivity contribution in [2.45, 2.75) is 44.7 Å². The lowest BCUT2D eigenvalue weighted by molar-refractivity contribution is -0.133. The number of rotatable bonds is 4. The van der Waals surface area contributed by atoms with Gasteiger partial charge in [-0.25, -0.2) is 0 Å². The van der Waals surface area contributed by atoms with Crippen LogP contribution in [0, 0.1) is 0 Å². The van der Waals surface area contributed by atoms with Crippen LogP contribution in [0.25, 0.3) is 0 Å². The van der Waals surface area contributed by atoms with Gasteiger partial charge in [0, 0.05) is 38.2 Å². The van der Waals surface area contributed by atoms with Crippen LogP contribution in [0.2, 0.25) is 0 Å². The first-order valence-electron chi connectivity index (χ1n) is 10.0. The molecule has 4 rings (SSSR count). The summed E-state index contributed by atoms with van der Waals surface area (Å²) in [7, 11) is 0. The van der Waals surface area contributed by atoms with Crippen LogP contribution in [0.5, 0.6) is 0 Å². The van der Waals surface area contributed by atoms with Gasteiger partial charge in [0.2, 0.25) is 0 Å². The maximum absolute atomic E-state index is 12.8. The molecule has 6 nitrogen and oxygen atoms in total. The number of benzene rings is 1. The number of nitrogens with one attached hydrogen (secondary N) is 1. The van der Waals surface area contributed by atoms with Gasteiger partial charge in [0.25, 0.3) is 5.91 Å². The highest BCUT2D eigenvalue weighted by molar-refractivity contribution is 6.07. The average molecular weight is 369 g/mol. The zero-order chi connectivity index (χ0) is 18.8. The topological polar surface area (TPSA) is 69.7 Å². The molecule has 144 valence electrons. The van der Waals surface area contributed by atoms with Crippen LogP contribution in [0.3, 0.4) is 0 Å². The summed E-state index contributed by atoms with van der Waals surface area (Å²) in [6.07, 6.45) is 2.99. The largest absolute Gasteiger partial charge is 0.324 e. The Morgan fingerprint density at radius 1 is 1.11 bits per heavy atom. The Kier molecular flexibility index (Phi) is 5.36. The standard InChI is InChI=1S/C21H27N3O3/c25-17-3-5-19(20(26)13-17)24-14-16-12-15(2-4-18(16)21(24)27)6-10-23-9-1-7-22-8-11-23/h2,4,12,19,22H,1,3,5-11,13-14H2/t19-/m0/s1. The molecule has 1 atom stereocenters. The van der Waals surface area contributed by atoms with Gasteiger partial charge < -0.3 is 15.1 Å². The van der Waals surface area contributed by atoms with Crippen LogP contribution in [-0.4, -0.2) is 66.0 Å². The third kappa shape index (κ3) is 3.96. The van der Waals surface area contributed by atoms with Crippen molar-refractivity contribution < 1.29 is 14.4 Å². The molecule has 1 N–H and O–H groups in total. The molecule has 1 amide bonds. The second-order valence-corrected chi connectivity index (χ2v) is 7.86. The SMILES string of the molecule is O=C1CC[C@H](N2Cc3cc(CCN4CCCNCC4)ccc3C2=O)C(=O)C1. The lowest BCUT2D eigenvalue weighted by Gasteiger charge is -2.29. The Balaban J connectivity index is 1.41. The summed E-state index contributed by atoms with van der Waals surface area (Å²) >= 11 is 0. The fourth-order valence-electron chi connectivity index (χ4n) is 4.41. The summed E-state index contributed by atoms with van der Waals surface area (Å²) in [6.45, 7) is 5.87. The monoisotopic (exact) mass is 369 g/mol. The molecule has 1 aromatic rings. The molecular formula is C21H27N3O3. The van der Waals surface area contributed by atoms with E-state index in [0.29, 0.717) is 24.9 Å². The minimum absolute atomic E-state index is 0.00795. The van der Waals surface area contributed by atoms with Crippen molar-refractivity contribution in [2.24, 2.45) is 0 Å². The van der Waals surface area contributed by atoms with Crippen LogP contribution in [0.15, 0.2) is 18.2 Å². The molecule has 2 heterocycles. The van der Waals surface area contributed by atoms with Crippen LogP contribution >= 0.6 is 0 Å². The first-order chi connectivity index (χ1) is 13.1. The van der Waals surface area contributed by atoms with E-state index in [0.717, 1.165) is 44.7 Å². The van der Waals surface area contributed by atoms with E-state index in [-0.39, 0.29) is 23.9 Å². The predicted octanol–water partition coefficient (Wildman–Crippen LogP) is 1.17. The molecule has 0 bridgehead atoms. The van der Waals surface area contributed by atoms with E-state index in [9.17, 15) is 14.4 Å². The lowest BCUT2D eigenvalue weighted by atomic mass is 9.92. The van der Waals surface area contributed by atoms with Gasteiger partial charge in [-0.3, -0.25) is 14.4 Å². The van der Waals surface area contributed by atoms with Crippen LogP contribution in [0.1, 0.15) is 47.2 Å². The predicted molar refractivity (Wildman–Crippen MR) is 102 cm³/mol. The zero-order valence-corrected chi connectivity index (χ0v) is 15.7. The number of carbonyl (C=O) groups is 3. The van der Waals surface area contributed by atoms with Gasteiger partial charge in [0.05, 0.1) is 12.5 Å². The van der Waals surface area contributed by atoms with Crippen LogP contribution < -0.4 is 5.32 Å². The number of hydrogen-bond acceptors (Lipinski definition) is 5. The van der Waals surface area contributed by atoms with Crippen molar-refractivity contribution in [3.8, 4) is 0 Å². The van der Waals surface area contributed by atoms with Gasteiger partial charge in [0.1, 0.15) is 5.78 Å². The third-order valence-electron chi connectivity index (χ3n) is 5.97. The fourth-order valence-corrected chi connectivity index (χ4v) is 4.41. The van der Waals surface area contributed by atoms with Gasteiger partial charge in [-0.1, -0.05) is 12.1 Å². The highest BCUT2D eigenvalue weighted by atomic mass is 16.2. The van der Waals surface area contributed by atoms with E-state index in [4.69, 9.17) is 0 Å². The van der Waals surface area contributed by atoms with E-state index in [2.05, 4.69) is 16.3 Å². The number of fused-ring (bicyclic) bond motifs is 1. The van der Waals surface area contributed by atoms with Crippen molar-refractivity contribution in [2.75, 3.05) is 32.7 Å². The van der Waals surface area contributed by atoms with Gasteiger partial charge in [-0.05, 0) is 49.5 Å². The molecular weight excluding hydrogens is 342 g/mol. The molecule has 0 spiro atoms. The van der Waals surface area contributed by atoms with Crippen molar-refractivity contribution in [1.29, 1.82) is 0 Å². The van der Waals surface area contributed by atoms with E-state index >= 15 is 0 Å². The fraction of sp³-hybridized carbons (Fsp3) is 0.571. The van der Waals surface area contributed by atoms with E-state index in [1.807, 2.05) is 12.1 Å². The molecule has 6 heteroatoms. The summed E-state index contributed by atoms with van der Waals surface area (Å²) in [5.74, 6) is -0.184. The molecule has 3 aliphatic rings. The molecule has 1 aromatic carbocycles. The summed E-state index contributed by atoms with van der Waals surface area (Å²) in [5.41, 5.74) is 2.97. The summed E-state index contributed by atoms with van der Waals surface area (Å²) in [4.78, 5) is 40.6. The molecule has 2 aliphatic heterocycles. The quantitative estimate of drug-likeness (QED) is 0.807. The average Bonchev–Trinajstić information content (AvgIpc) is 2.83. The van der Waals surface area contributed by atoms with Crippen molar-refractivity contribution in [3.05, 3.63) is 34.9 Å². The second kappa shape index (κ2) is 7.90. The highest BCUT2D eigenvalue weighted by Gasteiger charge is 2.38. The maximum Gasteiger partial charge on any atom is 0.255 e. The highest BCUT2D eigenvalue weighted by Crippen LogP contribution is 2.29. The third-order valence-corrected chi connectivity index (χ3v) is 5.97. The first kappa shape index (κ1) is 18.3. The minimum Gasteiger partial charge on any atom is -0.324 e. The van der Waals surface area contributed by atoms with Crippen molar-refractivity contribution in [3.63, 3.8) is 0 Å². The molecule has 0 unspecified atom stereocenters. The molecule has 0 radical (unpaired) electrons. The van der Waals surface area contributed by atoms with E-state index in [1.165, 1.54) is 12.0 Å². The van der Waals surface area contributed by atoms with Crippen molar-refractivity contribution in [1.82, 2.24) is 15.1 Å². The number of ketones is 2. The number of nitrogens with zero attached hydrogens (tertiary/aromatic N) is 2. The van der Waals surface area contributed by atoms with Crippen LogP contribution in [0.4, 0.5) is 0 Å². The summed E-state index contributed by atoms with van der Waals surface area (Å²) < 4.78 is 0. The number of carbonyl (C=O) groups excluding carboxylic acids is 3. The molecule has 1 saturated carbocycles. The second-order valence-electron chi connectivity index (χ2n) is 7.86. The van der Waals surface area contributed by atoms with E-state index < -0.39 is 6.04 Å². The van der Waals surface area contributed by atoms with Crippen molar-refractivity contribution >= 4 is 17.5 Å². The van der Waals surface area contributed by atoms with Gasteiger partial charge in [0.15, 0.2) is 5.78 Å². The molecule has 27 heavy (non-hydrogen) atoms. The van der Waals surface area contributed by atoms with Gasteiger partial charge in [-0.2, -0.15) is 0 Å². The minimum atomic E-state index is -0.435. The molecule has 1 aliphatic carbocycles. The number of amides is 1. The molecule has 2 fully saturated rings. The van der Waals surface area contributed by atoms with Gasteiger partial charge >= 0.3 is 0 Å². The molecule has 1 saturated heterocycles. The zero-order valence-electron chi connectivity index (χ0n) is 15.7.